The molecule has 1 aromatic heterocycles. The van der Waals surface area contributed by atoms with Crippen molar-refractivity contribution in [3.8, 4) is 0 Å². The van der Waals surface area contributed by atoms with Crippen LogP contribution < -0.4 is 16.4 Å². The maximum Gasteiger partial charge on any atom is 0.434 e. The fourth-order valence-corrected chi connectivity index (χ4v) is 2.91. The summed E-state index contributed by atoms with van der Waals surface area (Å²) in [6.07, 6.45) is -3.13. The van der Waals surface area contributed by atoms with E-state index in [1.54, 1.807) is 26.0 Å². The number of nitrogens with two attached hydrogens (primary N) is 1. The van der Waals surface area contributed by atoms with Gasteiger partial charge in [-0.3, -0.25) is 9.59 Å². The fraction of sp³-hybridized carbons (Fsp3) is 0.130. The zero-order valence-electron chi connectivity index (χ0n) is 18.1. The van der Waals surface area contributed by atoms with Crippen LogP contribution in [0, 0.1) is 13.8 Å². The standard InChI is InChI=1S/C23H20F3N5O3/c1-13-8-9-16(10-19(13)31-22(33)18-12-28-34-14(18)2)30-21(32)17(11-27)20(23(24,25)26)29-15-6-4-3-5-7-15/h3-12H,27H2,1-2H3,(H,30,32)(H,31,33). The SMILES string of the molecule is Cc1ccc(NC(=O)C(=CN)C(=Nc2ccccc2)C(F)(F)F)cc1NC(=O)c1cnoc1C. The van der Waals surface area contributed by atoms with Gasteiger partial charge >= 0.3 is 6.18 Å². The minimum Gasteiger partial charge on any atom is -0.404 e. The summed E-state index contributed by atoms with van der Waals surface area (Å²) < 4.78 is 46.0. The van der Waals surface area contributed by atoms with Gasteiger partial charge in [-0.2, -0.15) is 13.2 Å². The molecule has 0 saturated heterocycles. The summed E-state index contributed by atoms with van der Waals surface area (Å²) >= 11 is 0. The van der Waals surface area contributed by atoms with Gasteiger partial charge in [-0.05, 0) is 43.7 Å². The highest BCUT2D eigenvalue weighted by molar-refractivity contribution is 6.27. The molecule has 0 unspecified atom stereocenters. The smallest absolute Gasteiger partial charge is 0.404 e. The molecular weight excluding hydrogens is 451 g/mol. The number of rotatable bonds is 6. The molecular formula is C23H20F3N5O3. The van der Waals surface area contributed by atoms with Gasteiger partial charge in [0.25, 0.3) is 11.8 Å². The second-order valence-electron chi connectivity index (χ2n) is 7.11. The van der Waals surface area contributed by atoms with Gasteiger partial charge in [-0.15, -0.1) is 0 Å². The van der Waals surface area contributed by atoms with Crippen molar-refractivity contribution in [1.82, 2.24) is 5.16 Å². The van der Waals surface area contributed by atoms with Gasteiger partial charge < -0.3 is 20.9 Å². The Kier molecular flexibility index (Phi) is 7.15. The van der Waals surface area contributed by atoms with Crippen molar-refractivity contribution in [3.63, 3.8) is 0 Å². The summed E-state index contributed by atoms with van der Waals surface area (Å²) in [6.45, 7) is 3.28. The van der Waals surface area contributed by atoms with Crippen LogP contribution in [-0.4, -0.2) is 28.9 Å². The molecule has 8 nitrogen and oxygen atoms in total. The maximum absolute atomic E-state index is 13.7. The summed E-state index contributed by atoms with van der Waals surface area (Å²) in [6, 6.07) is 11.8. The highest BCUT2D eigenvalue weighted by Crippen LogP contribution is 2.27. The number of benzene rings is 2. The summed E-state index contributed by atoms with van der Waals surface area (Å²) in [4.78, 5) is 28.8. The van der Waals surface area contributed by atoms with Crippen LogP contribution in [0.4, 0.5) is 30.2 Å². The molecule has 0 radical (unpaired) electrons. The Hall–Kier alpha value is -4.41. The first-order chi connectivity index (χ1) is 16.1. The van der Waals surface area contributed by atoms with Gasteiger partial charge in [0.1, 0.15) is 11.3 Å². The number of nitrogens with zero attached hydrogens (tertiary/aromatic N) is 2. The lowest BCUT2D eigenvalue weighted by atomic mass is 10.1. The molecule has 4 N–H and O–H groups in total. The lowest BCUT2D eigenvalue weighted by molar-refractivity contribution is -0.113. The van der Waals surface area contributed by atoms with Gasteiger partial charge in [0.15, 0.2) is 5.71 Å². The Morgan fingerprint density at radius 1 is 1.09 bits per heavy atom. The number of carbonyl (C=O) groups is 2. The lowest BCUT2D eigenvalue weighted by Gasteiger charge is -2.15. The topological polar surface area (TPSA) is 123 Å². The summed E-state index contributed by atoms with van der Waals surface area (Å²) in [5.41, 5.74) is 4.42. The Balaban J connectivity index is 1.86. The lowest BCUT2D eigenvalue weighted by Crippen LogP contribution is -2.32. The molecule has 0 bridgehead atoms. The third-order valence-corrected chi connectivity index (χ3v) is 4.67. The average molecular weight is 471 g/mol. The molecule has 0 atom stereocenters. The largest absolute Gasteiger partial charge is 0.434 e. The molecule has 0 saturated carbocycles. The van der Waals surface area contributed by atoms with E-state index in [9.17, 15) is 22.8 Å². The summed E-state index contributed by atoms with van der Waals surface area (Å²) in [5, 5.41) is 8.57. The van der Waals surface area contributed by atoms with Crippen LogP contribution in [0.3, 0.4) is 0 Å². The van der Waals surface area contributed by atoms with Crippen molar-refractivity contribution in [2.75, 3.05) is 10.6 Å². The number of hydrogen-bond acceptors (Lipinski definition) is 6. The van der Waals surface area contributed by atoms with Crippen molar-refractivity contribution in [1.29, 1.82) is 0 Å². The molecule has 2 amide bonds. The number of aliphatic imine (C=N–C) groups is 1. The van der Waals surface area contributed by atoms with Crippen molar-refractivity contribution in [3.05, 3.63) is 83.4 Å². The van der Waals surface area contributed by atoms with E-state index in [-0.39, 0.29) is 16.9 Å². The highest BCUT2D eigenvalue weighted by Gasteiger charge is 2.40. The molecule has 1 heterocycles. The van der Waals surface area contributed by atoms with E-state index in [1.807, 2.05) is 0 Å². The number of para-hydroxylation sites is 1. The zero-order valence-corrected chi connectivity index (χ0v) is 18.1. The molecule has 176 valence electrons. The predicted molar refractivity (Wildman–Crippen MR) is 121 cm³/mol. The van der Waals surface area contributed by atoms with E-state index in [2.05, 4.69) is 20.8 Å². The molecule has 34 heavy (non-hydrogen) atoms. The van der Waals surface area contributed by atoms with Crippen LogP contribution in [0.25, 0.3) is 0 Å². The van der Waals surface area contributed by atoms with Crippen molar-refractivity contribution in [2.24, 2.45) is 10.7 Å². The molecule has 2 aromatic carbocycles. The maximum atomic E-state index is 13.7. The summed E-state index contributed by atoms with van der Waals surface area (Å²) in [5.74, 6) is -1.30. The molecule has 0 aliphatic carbocycles. The van der Waals surface area contributed by atoms with E-state index < -0.39 is 29.3 Å². The fourth-order valence-electron chi connectivity index (χ4n) is 2.91. The quantitative estimate of drug-likeness (QED) is 0.357. The zero-order chi connectivity index (χ0) is 24.9. The average Bonchev–Trinajstić information content (AvgIpc) is 3.22. The first kappa shape index (κ1) is 24.2. The molecule has 3 rings (SSSR count). The monoisotopic (exact) mass is 471 g/mol. The summed E-state index contributed by atoms with van der Waals surface area (Å²) in [7, 11) is 0. The van der Waals surface area contributed by atoms with Gasteiger partial charge in [-0.1, -0.05) is 29.4 Å². The Labute approximate surface area is 192 Å². The number of aryl methyl sites for hydroxylation is 2. The number of nitrogens with one attached hydrogen (secondary N) is 2. The Morgan fingerprint density at radius 3 is 2.38 bits per heavy atom. The van der Waals surface area contributed by atoms with Gasteiger partial charge in [0, 0.05) is 17.6 Å². The van der Waals surface area contributed by atoms with E-state index in [4.69, 9.17) is 10.3 Å². The number of amides is 2. The predicted octanol–water partition coefficient (Wildman–Crippen LogP) is 4.66. The van der Waals surface area contributed by atoms with E-state index >= 15 is 0 Å². The van der Waals surface area contributed by atoms with Crippen LogP contribution >= 0.6 is 0 Å². The van der Waals surface area contributed by atoms with Crippen LogP contribution in [0.15, 0.2) is 76.0 Å². The Morgan fingerprint density at radius 2 is 1.79 bits per heavy atom. The second kappa shape index (κ2) is 10.0. The molecule has 0 aliphatic rings. The number of anilines is 2. The van der Waals surface area contributed by atoms with Crippen molar-refractivity contribution in [2.45, 2.75) is 20.0 Å². The number of halogens is 3. The third-order valence-electron chi connectivity index (χ3n) is 4.67. The number of hydrogen-bond donors (Lipinski definition) is 3. The number of alkyl halides is 3. The van der Waals surface area contributed by atoms with Crippen molar-refractivity contribution >= 4 is 34.6 Å². The molecule has 11 heteroatoms. The molecule has 0 fully saturated rings. The first-order valence-electron chi connectivity index (χ1n) is 9.88. The first-order valence-corrected chi connectivity index (χ1v) is 9.88. The van der Waals surface area contributed by atoms with Gasteiger partial charge in [-0.25, -0.2) is 4.99 Å². The minimum atomic E-state index is -4.94. The minimum absolute atomic E-state index is 0.00587. The van der Waals surface area contributed by atoms with Crippen LogP contribution in [0.5, 0.6) is 0 Å². The third kappa shape index (κ3) is 5.68. The van der Waals surface area contributed by atoms with E-state index in [1.165, 1.54) is 42.6 Å². The van der Waals surface area contributed by atoms with Gasteiger partial charge in [0.05, 0.1) is 17.5 Å². The number of aromatic nitrogens is 1. The number of carbonyl (C=O) groups excluding carboxylic acids is 2. The van der Waals surface area contributed by atoms with Crippen molar-refractivity contribution < 1.29 is 27.3 Å². The van der Waals surface area contributed by atoms with Crippen LogP contribution in [-0.2, 0) is 4.79 Å². The van der Waals surface area contributed by atoms with Gasteiger partial charge in [0.2, 0.25) is 0 Å². The highest BCUT2D eigenvalue weighted by atomic mass is 19.4. The van der Waals surface area contributed by atoms with Crippen LogP contribution in [0.1, 0.15) is 21.7 Å². The molecule has 0 aliphatic heterocycles. The van der Waals surface area contributed by atoms with E-state index in [0.29, 0.717) is 23.2 Å². The van der Waals surface area contributed by atoms with E-state index in [0.717, 1.165) is 0 Å². The second-order valence-corrected chi connectivity index (χ2v) is 7.11. The molecule has 3 aromatic rings. The molecule has 0 spiro atoms. The van der Waals surface area contributed by atoms with Crippen LogP contribution in [0.2, 0.25) is 0 Å². The Bertz CT molecular complexity index is 1260. The normalized spacial score (nSPS) is 12.4.